The first-order valence-electron chi connectivity index (χ1n) is 3.30. The maximum atomic E-state index is 3.35. The van der Waals surface area contributed by atoms with E-state index >= 15 is 0 Å². The summed E-state index contributed by atoms with van der Waals surface area (Å²) in [4.78, 5) is 0. The van der Waals surface area contributed by atoms with Crippen LogP contribution in [0.25, 0.3) is 0 Å². The minimum Gasteiger partial charge on any atom is -0.0683 e. The van der Waals surface area contributed by atoms with Crippen LogP contribution in [-0.2, 0) is 0 Å². The Morgan fingerprint density at radius 3 is 1.09 bits per heavy atom. The Morgan fingerprint density at radius 2 is 0.909 bits per heavy atom. The van der Waals surface area contributed by atoms with Crippen LogP contribution in [0.5, 0.6) is 0 Å². The third-order valence-electron chi connectivity index (χ3n) is 0.827. The minimum atomic E-state index is 1.07. The summed E-state index contributed by atoms with van der Waals surface area (Å²) < 4.78 is 3.22. The van der Waals surface area contributed by atoms with Gasteiger partial charge in [-0.25, -0.2) is 0 Å². The average molecular weight is 345 g/mol. The minimum absolute atomic E-state index is 1.07. The van der Waals surface area contributed by atoms with Crippen LogP contribution in [0.4, 0.5) is 0 Å². The molecule has 62 valence electrons. The van der Waals surface area contributed by atoms with Crippen molar-refractivity contribution < 1.29 is 0 Å². The van der Waals surface area contributed by atoms with Crippen molar-refractivity contribution in [1.82, 2.24) is 0 Å². The fourth-order valence-electron chi connectivity index (χ4n) is 0.520. The summed E-state index contributed by atoms with van der Waals surface area (Å²) in [6.45, 7) is 4.00. The number of rotatable bonds is 0. The topological polar surface area (TPSA) is 0 Å². The van der Waals surface area contributed by atoms with E-state index < -0.39 is 0 Å². The highest BCUT2D eigenvalue weighted by molar-refractivity contribution is 9.11. The summed E-state index contributed by atoms with van der Waals surface area (Å²) in [6, 6.07) is 5.97. The molecule has 0 fully saturated rings. The maximum Gasteiger partial charge on any atom is 0.0197 e. The first-order chi connectivity index (χ1) is 5.18. The third-order valence-corrected chi connectivity index (χ3v) is 2.20. The van der Waals surface area contributed by atoms with Gasteiger partial charge in [0.15, 0.2) is 0 Å². The smallest absolute Gasteiger partial charge is 0.0197 e. The molecule has 11 heavy (non-hydrogen) atoms. The van der Waals surface area contributed by atoms with E-state index in [1.807, 2.05) is 32.0 Å². The summed E-state index contributed by atoms with van der Waals surface area (Å²) in [7, 11) is 0. The molecule has 0 aliphatic heterocycles. The molecule has 0 heterocycles. The van der Waals surface area contributed by atoms with Gasteiger partial charge in [0, 0.05) is 13.4 Å². The molecule has 0 atom stereocenters. The van der Waals surface area contributed by atoms with Crippen molar-refractivity contribution in [2.24, 2.45) is 0 Å². The lowest BCUT2D eigenvalue weighted by molar-refractivity contribution is 1.50. The molecule has 1 rings (SSSR count). The summed E-state index contributed by atoms with van der Waals surface area (Å²) in [5.74, 6) is 0. The molecule has 0 spiro atoms. The van der Waals surface area contributed by atoms with Crippen molar-refractivity contribution >= 4 is 47.8 Å². The highest BCUT2D eigenvalue weighted by Gasteiger charge is 1.91. The zero-order valence-corrected chi connectivity index (χ0v) is 11.1. The zero-order chi connectivity index (χ0) is 8.85. The lowest BCUT2D eigenvalue weighted by Gasteiger charge is -1.92. The summed E-state index contributed by atoms with van der Waals surface area (Å²) >= 11 is 10.1. The van der Waals surface area contributed by atoms with Gasteiger partial charge in [-0.2, -0.15) is 0 Å². The second-order valence-electron chi connectivity index (χ2n) is 1.59. The predicted octanol–water partition coefficient (Wildman–Crippen LogP) is 5.00. The van der Waals surface area contributed by atoms with Gasteiger partial charge < -0.3 is 0 Å². The lowest BCUT2D eigenvalue weighted by atomic mass is 10.4. The summed E-state index contributed by atoms with van der Waals surface area (Å²) in [5, 5.41) is 0. The first-order valence-corrected chi connectivity index (χ1v) is 5.68. The standard InChI is InChI=1S/C6H3Br3.C2H6/c7-4-1-5(8)3-6(9)2-4;1-2/h1-3H;1-2H3. The molecule has 0 aliphatic carbocycles. The second-order valence-corrected chi connectivity index (χ2v) is 4.33. The van der Waals surface area contributed by atoms with Gasteiger partial charge in [0.2, 0.25) is 0 Å². The van der Waals surface area contributed by atoms with Crippen molar-refractivity contribution in [2.75, 3.05) is 0 Å². The van der Waals surface area contributed by atoms with E-state index in [1.165, 1.54) is 0 Å². The van der Waals surface area contributed by atoms with Crippen molar-refractivity contribution in [1.29, 1.82) is 0 Å². The van der Waals surface area contributed by atoms with Crippen LogP contribution in [0.1, 0.15) is 13.8 Å². The van der Waals surface area contributed by atoms with Crippen LogP contribution < -0.4 is 0 Å². The van der Waals surface area contributed by atoms with Crippen molar-refractivity contribution in [3.05, 3.63) is 31.6 Å². The van der Waals surface area contributed by atoms with Crippen LogP contribution in [0, 0.1) is 0 Å². The Bertz CT molecular complexity index is 170. The normalized spacial score (nSPS) is 8.45. The van der Waals surface area contributed by atoms with Crippen molar-refractivity contribution in [2.45, 2.75) is 13.8 Å². The summed E-state index contributed by atoms with van der Waals surface area (Å²) in [5.41, 5.74) is 0. The predicted molar refractivity (Wildman–Crippen MR) is 60.9 cm³/mol. The summed E-state index contributed by atoms with van der Waals surface area (Å²) in [6.07, 6.45) is 0. The molecule has 0 saturated carbocycles. The van der Waals surface area contributed by atoms with Gasteiger partial charge in [-0.15, -0.1) is 0 Å². The van der Waals surface area contributed by atoms with Gasteiger partial charge in [0.05, 0.1) is 0 Å². The second kappa shape index (κ2) is 6.21. The molecule has 0 aromatic heterocycles. The molecule has 0 radical (unpaired) electrons. The van der Waals surface area contributed by atoms with E-state index in [9.17, 15) is 0 Å². The van der Waals surface area contributed by atoms with Crippen LogP contribution in [0.3, 0.4) is 0 Å². The van der Waals surface area contributed by atoms with Gasteiger partial charge in [0.25, 0.3) is 0 Å². The Hall–Kier alpha value is 0.660. The van der Waals surface area contributed by atoms with Gasteiger partial charge in [-0.1, -0.05) is 61.6 Å². The van der Waals surface area contributed by atoms with Gasteiger partial charge in [0.1, 0.15) is 0 Å². The maximum absolute atomic E-state index is 3.35. The Morgan fingerprint density at radius 1 is 0.727 bits per heavy atom. The molecule has 0 N–H and O–H groups in total. The van der Waals surface area contributed by atoms with Crippen LogP contribution in [0.15, 0.2) is 31.6 Å². The van der Waals surface area contributed by atoms with Crippen LogP contribution in [-0.4, -0.2) is 0 Å². The Labute approximate surface area is 92.8 Å². The highest BCUT2D eigenvalue weighted by atomic mass is 79.9. The van der Waals surface area contributed by atoms with Gasteiger partial charge >= 0.3 is 0 Å². The molecule has 0 saturated heterocycles. The SMILES string of the molecule is Brc1cc(Br)cc(Br)c1.CC. The third kappa shape index (κ3) is 4.99. The number of benzene rings is 1. The largest absolute Gasteiger partial charge is 0.0683 e. The number of hydrogen-bond acceptors (Lipinski definition) is 0. The van der Waals surface area contributed by atoms with Crippen molar-refractivity contribution in [3.8, 4) is 0 Å². The average Bonchev–Trinajstić information content (AvgIpc) is 1.88. The van der Waals surface area contributed by atoms with Crippen molar-refractivity contribution in [3.63, 3.8) is 0 Å². The zero-order valence-electron chi connectivity index (χ0n) is 6.37. The van der Waals surface area contributed by atoms with E-state index in [2.05, 4.69) is 47.8 Å². The first kappa shape index (κ1) is 11.7. The number of halogens is 3. The molecule has 3 heteroatoms. The molecular weight excluding hydrogens is 336 g/mol. The fraction of sp³-hybridized carbons (Fsp3) is 0.250. The molecule has 0 nitrogen and oxygen atoms in total. The molecule has 0 amide bonds. The molecule has 0 bridgehead atoms. The highest BCUT2D eigenvalue weighted by Crippen LogP contribution is 2.23. The molecule has 1 aromatic carbocycles. The number of hydrogen-bond donors (Lipinski definition) is 0. The van der Waals surface area contributed by atoms with E-state index in [0.717, 1.165) is 13.4 Å². The van der Waals surface area contributed by atoms with Crippen LogP contribution in [0.2, 0.25) is 0 Å². The van der Waals surface area contributed by atoms with E-state index in [4.69, 9.17) is 0 Å². The van der Waals surface area contributed by atoms with Gasteiger partial charge in [-0.05, 0) is 18.2 Å². The Kier molecular flexibility index (Phi) is 6.58. The van der Waals surface area contributed by atoms with E-state index in [1.54, 1.807) is 0 Å². The van der Waals surface area contributed by atoms with Crippen LogP contribution >= 0.6 is 47.8 Å². The quantitative estimate of drug-likeness (QED) is 0.621. The monoisotopic (exact) mass is 342 g/mol. The lowest BCUT2D eigenvalue weighted by Crippen LogP contribution is -1.66. The fourth-order valence-corrected chi connectivity index (χ4v) is 2.92. The van der Waals surface area contributed by atoms with E-state index in [0.29, 0.717) is 0 Å². The Balaban J connectivity index is 0.000000461. The molecule has 0 unspecified atom stereocenters. The molecule has 1 aromatic rings. The molecular formula is C8H9Br3. The molecule has 0 aliphatic rings. The van der Waals surface area contributed by atoms with E-state index in [-0.39, 0.29) is 0 Å². The van der Waals surface area contributed by atoms with Gasteiger partial charge in [-0.3, -0.25) is 0 Å².